The zero-order valence-electron chi connectivity index (χ0n) is 19.3. The van der Waals surface area contributed by atoms with Crippen molar-refractivity contribution in [3.8, 4) is 11.5 Å². The molecule has 1 N–H and O–H groups in total. The number of benzene rings is 2. The molecule has 0 unspecified atom stereocenters. The maximum absolute atomic E-state index is 12.4. The third-order valence-corrected chi connectivity index (χ3v) is 6.88. The number of aliphatic hydroxyl groups is 1. The summed E-state index contributed by atoms with van der Waals surface area (Å²) in [6.07, 6.45) is 1.84. The summed E-state index contributed by atoms with van der Waals surface area (Å²) >= 11 is 7.97. The van der Waals surface area contributed by atoms with Gasteiger partial charge in [0.2, 0.25) is 5.91 Å². The van der Waals surface area contributed by atoms with Crippen molar-refractivity contribution < 1.29 is 28.9 Å². The second-order valence-corrected chi connectivity index (χ2v) is 9.97. The lowest BCUT2D eigenvalue weighted by Crippen LogP contribution is -2.14. The number of aliphatic hydroxyl groups excluding tert-OH is 1. The number of thioether (sulfide) groups is 1. The van der Waals surface area contributed by atoms with E-state index in [1.807, 2.05) is 24.3 Å². The van der Waals surface area contributed by atoms with Gasteiger partial charge >= 0.3 is 5.97 Å². The Hall–Kier alpha value is -2.56. The molecule has 0 atom stereocenters. The van der Waals surface area contributed by atoms with Gasteiger partial charge in [-0.15, -0.1) is 0 Å². The second-order valence-electron chi connectivity index (χ2n) is 7.17. The number of rotatable bonds is 8. The minimum Gasteiger partial charge on any atom is -0.506 e. The Morgan fingerprint density at radius 3 is 2.49 bits per heavy atom. The Labute approximate surface area is 224 Å². The van der Waals surface area contributed by atoms with Gasteiger partial charge in [-0.3, -0.25) is 4.79 Å². The molecule has 1 aliphatic rings. The standard InChI is InChI=1S/C25H23Br2NO6S/c1-4-20(29)28-24-21(25(31)33-5-2)22(30)19(35-24)12-15-10-17(27)23(18(11-15)32-3)34-13-14-6-8-16(26)9-7-14/h6-12,30H,4-5,13H2,1-3H3/b19-12-,28-24?. The van der Waals surface area contributed by atoms with Gasteiger partial charge in [0.05, 0.1) is 23.1 Å². The highest BCUT2D eigenvalue weighted by atomic mass is 79.9. The fourth-order valence-corrected chi connectivity index (χ4v) is 4.90. The van der Waals surface area contributed by atoms with Crippen molar-refractivity contribution in [2.45, 2.75) is 26.9 Å². The van der Waals surface area contributed by atoms with Crippen molar-refractivity contribution in [3.63, 3.8) is 0 Å². The summed E-state index contributed by atoms with van der Waals surface area (Å²) in [7, 11) is 1.53. The first kappa shape index (κ1) is 27.0. The van der Waals surface area contributed by atoms with E-state index in [2.05, 4.69) is 36.9 Å². The summed E-state index contributed by atoms with van der Waals surface area (Å²) in [5.74, 6) is -0.421. The van der Waals surface area contributed by atoms with Crippen LogP contribution in [0.5, 0.6) is 11.5 Å². The van der Waals surface area contributed by atoms with Gasteiger partial charge < -0.3 is 19.3 Å². The summed E-state index contributed by atoms with van der Waals surface area (Å²) in [6, 6.07) is 11.3. The Kier molecular flexibility index (Phi) is 9.59. The predicted molar refractivity (Wildman–Crippen MR) is 144 cm³/mol. The average Bonchev–Trinajstić information content (AvgIpc) is 3.13. The molecule has 1 amide bonds. The fraction of sp³-hybridized carbons (Fsp3) is 0.240. The number of amides is 1. The van der Waals surface area contributed by atoms with Crippen LogP contribution in [0.4, 0.5) is 0 Å². The topological polar surface area (TPSA) is 94.4 Å². The van der Waals surface area contributed by atoms with Gasteiger partial charge in [0.15, 0.2) is 11.5 Å². The third-order valence-electron chi connectivity index (χ3n) is 4.74. The normalized spacial score (nSPS) is 15.6. The highest BCUT2D eigenvalue weighted by Gasteiger charge is 2.33. The van der Waals surface area contributed by atoms with E-state index in [-0.39, 0.29) is 29.4 Å². The molecule has 0 fully saturated rings. The first-order valence-corrected chi connectivity index (χ1v) is 13.0. The number of nitrogens with zero attached hydrogens (tertiary/aromatic N) is 1. The molecule has 1 aliphatic heterocycles. The molecule has 3 rings (SSSR count). The lowest BCUT2D eigenvalue weighted by molar-refractivity contribution is -0.138. The fourth-order valence-electron chi connectivity index (χ4n) is 3.03. The van der Waals surface area contributed by atoms with Gasteiger partial charge in [0.1, 0.15) is 23.0 Å². The van der Waals surface area contributed by atoms with Crippen LogP contribution in [0, 0.1) is 0 Å². The molecule has 7 nitrogen and oxygen atoms in total. The number of methoxy groups -OCH3 is 1. The van der Waals surface area contributed by atoms with Gasteiger partial charge in [-0.25, -0.2) is 9.79 Å². The molecule has 2 aromatic carbocycles. The number of carbonyl (C=O) groups excluding carboxylic acids is 2. The molecule has 0 radical (unpaired) electrons. The third kappa shape index (κ3) is 6.77. The molecule has 0 saturated carbocycles. The van der Waals surface area contributed by atoms with Gasteiger partial charge in [0, 0.05) is 10.9 Å². The molecule has 184 valence electrons. The second kappa shape index (κ2) is 12.4. The van der Waals surface area contributed by atoms with Crippen LogP contribution < -0.4 is 9.47 Å². The zero-order chi connectivity index (χ0) is 25.5. The Morgan fingerprint density at radius 2 is 1.86 bits per heavy atom. The van der Waals surface area contributed by atoms with Gasteiger partial charge in [-0.05, 0) is 64.3 Å². The number of ether oxygens (including phenoxy) is 3. The molecule has 0 bridgehead atoms. The molecular formula is C25H23Br2NO6S. The number of esters is 1. The van der Waals surface area contributed by atoms with Crippen molar-refractivity contribution in [1.29, 1.82) is 0 Å². The minimum atomic E-state index is -0.737. The molecule has 0 saturated heterocycles. The van der Waals surface area contributed by atoms with E-state index >= 15 is 0 Å². The summed E-state index contributed by atoms with van der Waals surface area (Å²) in [6.45, 7) is 3.80. The van der Waals surface area contributed by atoms with E-state index in [9.17, 15) is 14.7 Å². The minimum absolute atomic E-state index is 0.111. The average molecular weight is 625 g/mol. The van der Waals surface area contributed by atoms with Gasteiger partial charge in [-0.1, -0.05) is 46.7 Å². The Morgan fingerprint density at radius 1 is 1.14 bits per heavy atom. The summed E-state index contributed by atoms with van der Waals surface area (Å²) in [5, 5.41) is 10.9. The van der Waals surface area contributed by atoms with E-state index in [4.69, 9.17) is 14.2 Å². The quantitative estimate of drug-likeness (QED) is 0.331. The van der Waals surface area contributed by atoms with Crippen molar-refractivity contribution in [3.05, 3.63) is 72.7 Å². The highest BCUT2D eigenvalue weighted by molar-refractivity contribution is 9.10. The molecular weight excluding hydrogens is 602 g/mol. The van der Waals surface area contributed by atoms with Crippen LogP contribution in [0.25, 0.3) is 6.08 Å². The van der Waals surface area contributed by atoms with Crippen molar-refractivity contribution >= 4 is 66.6 Å². The van der Waals surface area contributed by atoms with E-state index in [0.717, 1.165) is 21.8 Å². The molecule has 0 spiro atoms. The first-order valence-electron chi connectivity index (χ1n) is 10.6. The molecule has 0 aliphatic carbocycles. The molecule has 0 aromatic heterocycles. The lowest BCUT2D eigenvalue weighted by Gasteiger charge is -2.14. The summed E-state index contributed by atoms with van der Waals surface area (Å²) in [4.78, 5) is 28.6. The maximum Gasteiger partial charge on any atom is 0.344 e. The van der Waals surface area contributed by atoms with Crippen LogP contribution in [0.15, 0.2) is 66.6 Å². The van der Waals surface area contributed by atoms with E-state index < -0.39 is 11.9 Å². The van der Waals surface area contributed by atoms with Crippen LogP contribution in [0.3, 0.4) is 0 Å². The number of hydrogen-bond acceptors (Lipinski definition) is 7. The predicted octanol–water partition coefficient (Wildman–Crippen LogP) is 6.60. The highest BCUT2D eigenvalue weighted by Crippen LogP contribution is 2.42. The van der Waals surface area contributed by atoms with Crippen LogP contribution in [-0.2, 0) is 20.9 Å². The van der Waals surface area contributed by atoms with Crippen LogP contribution >= 0.6 is 43.6 Å². The molecule has 1 heterocycles. The smallest absolute Gasteiger partial charge is 0.344 e. The molecule has 35 heavy (non-hydrogen) atoms. The summed E-state index contributed by atoms with van der Waals surface area (Å²) < 4.78 is 18.2. The number of halogens is 2. The van der Waals surface area contributed by atoms with Gasteiger partial charge in [0.25, 0.3) is 0 Å². The van der Waals surface area contributed by atoms with Crippen molar-refractivity contribution in [2.24, 2.45) is 4.99 Å². The van der Waals surface area contributed by atoms with Crippen molar-refractivity contribution in [2.75, 3.05) is 13.7 Å². The first-order chi connectivity index (χ1) is 16.8. The van der Waals surface area contributed by atoms with Gasteiger partial charge in [-0.2, -0.15) is 0 Å². The van der Waals surface area contributed by atoms with Crippen LogP contribution in [0.2, 0.25) is 0 Å². The van der Waals surface area contributed by atoms with E-state index in [1.54, 1.807) is 32.1 Å². The van der Waals surface area contributed by atoms with Crippen LogP contribution in [0.1, 0.15) is 31.4 Å². The number of hydrogen-bond donors (Lipinski definition) is 1. The molecule has 2 aromatic rings. The maximum atomic E-state index is 12.4. The van der Waals surface area contributed by atoms with Crippen LogP contribution in [-0.4, -0.2) is 35.7 Å². The Balaban J connectivity index is 1.93. The largest absolute Gasteiger partial charge is 0.506 e. The van der Waals surface area contributed by atoms with E-state index in [0.29, 0.717) is 33.0 Å². The molecule has 10 heteroatoms. The monoisotopic (exact) mass is 623 g/mol. The summed E-state index contributed by atoms with van der Waals surface area (Å²) in [5.41, 5.74) is 1.54. The lowest BCUT2D eigenvalue weighted by atomic mass is 10.1. The number of aliphatic imine (C=N–C) groups is 1. The Bertz CT molecular complexity index is 1220. The van der Waals surface area contributed by atoms with Crippen molar-refractivity contribution in [1.82, 2.24) is 0 Å². The zero-order valence-corrected chi connectivity index (χ0v) is 23.3. The SMILES string of the molecule is CCOC(=O)C1=C(O)/C(=C/c2cc(Br)c(OCc3ccc(Br)cc3)c(OC)c2)SC1=NC(=O)CC. The number of carbonyl (C=O) groups is 2. The van der Waals surface area contributed by atoms with E-state index in [1.165, 1.54) is 7.11 Å².